The maximum Gasteiger partial charge on any atom is 0.338 e. The zero-order valence-electron chi connectivity index (χ0n) is 17.0. The Hall–Kier alpha value is -3.85. The number of nitrogens with zero attached hydrogens (tertiary/aromatic N) is 1. The molecule has 0 saturated carbocycles. The second kappa shape index (κ2) is 8.72. The van der Waals surface area contributed by atoms with E-state index in [1.54, 1.807) is 48.5 Å². The second-order valence-corrected chi connectivity index (χ2v) is 7.64. The van der Waals surface area contributed by atoms with Crippen LogP contribution in [0.25, 0.3) is 0 Å². The normalized spacial score (nSPS) is 17.4. The molecule has 4 rings (SSSR count). The Kier molecular flexibility index (Phi) is 5.83. The number of hydrogen-bond acceptors (Lipinski definition) is 5. The van der Waals surface area contributed by atoms with E-state index >= 15 is 0 Å². The number of hydrogen-bond donors (Lipinski definition) is 3. The van der Waals surface area contributed by atoms with E-state index in [0.29, 0.717) is 27.7 Å². The van der Waals surface area contributed by atoms with E-state index in [9.17, 15) is 19.2 Å². The van der Waals surface area contributed by atoms with Crippen molar-refractivity contribution < 1.29 is 23.9 Å². The van der Waals surface area contributed by atoms with Crippen LogP contribution in [0.5, 0.6) is 0 Å². The van der Waals surface area contributed by atoms with E-state index in [1.807, 2.05) is 0 Å². The predicted octanol–water partition coefficient (Wildman–Crippen LogP) is 2.81. The highest BCUT2D eigenvalue weighted by Gasteiger charge is 2.43. The highest BCUT2D eigenvalue weighted by atomic mass is 35.5. The van der Waals surface area contributed by atoms with Crippen LogP contribution in [0.2, 0.25) is 5.02 Å². The summed E-state index contributed by atoms with van der Waals surface area (Å²) in [6, 6.07) is 12.1. The number of esters is 1. The Bertz CT molecular complexity index is 1150. The molecule has 2 aromatic carbocycles. The van der Waals surface area contributed by atoms with Crippen LogP contribution in [0.4, 0.5) is 16.2 Å². The number of amides is 4. The summed E-state index contributed by atoms with van der Waals surface area (Å²) in [5, 5.41) is 8.47. The van der Waals surface area contributed by atoms with Crippen molar-refractivity contribution in [2.75, 3.05) is 23.8 Å². The van der Waals surface area contributed by atoms with Gasteiger partial charge < -0.3 is 20.7 Å². The van der Waals surface area contributed by atoms with E-state index in [4.69, 9.17) is 16.3 Å². The van der Waals surface area contributed by atoms with Crippen LogP contribution in [0.1, 0.15) is 18.5 Å². The summed E-state index contributed by atoms with van der Waals surface area (Å²) in [6.45, 7) is 0.974. The number of carbonyl (C=O) groups is 4. The molecule has 0 bridgehead atoms. The molecule has 0 aliphatic carbocycles. The van der Waals surface area contributed by atoms with Crippen molar-refractivity contribution >= 4 is 46.8 Å². The molecule has 0 fully saturated rings. The molecule has 4 amide bonds. The average Bonchev–Trinajstić information content (AvgIpc) is 3.13. The molecule has 2 aromatic rings. The van der Waals surface area contributed by atoms with Gasteiger partial charge in [-0.15, -0.1) is 0 Å². The molecule has 0 spiro atoms. The topological polar surface area (TPSA) is 117 Å². The highest BCUT2D eigenvalue weighted by molar-refractivity contribution is 6.31. The standard InChI is InChI=1S/C22H19ClN4O5/c1-12(28)24-13-6-8-14(9-7-13)25-18(29)10-27-17-11-32-21(30)19(17)20(26-22(27)31)15-4-2-3-5-16(15)23/h2-9,20H,10-11H2,1H3,(H,24,28)(H,25,29)(H,26,31)/t20-/m0/s1. The van der Waals surface area contributed by atoms with Crippen molar-refractivity contribution in [1.29, 1.82) is 0 Å². The quantitative estimate of drug-likeness (QED) is 0.600. The van der Waals surface area contributed by atoms with Gasteiger partial charge in [0, 0.05) is 23.3 Å². The molecule has 2 aliphatic heterocycles. The molecular weight excluding hydrogens is 436 g/mol. The monoisotopic (exact) mass is 454 g/mol. The molecule has 0 saturated heterocycles. The Labute approximate surface area is 188 Å². The third-order valence-corrected chi connectivity index (χ3v) is 5.35. The van der Waals surface area contributed by atoms with Gasteiger partial charge in [0.15, 0.2) is 0 Å². The molecular formula is C22H19ClN4O5. The number of ether oxygens (including phenoxy) is 1. The van der Waals surface area contributed by atoms with E-state index in [1.165, 1.54) is 11.8 Å². The van der Waals surface area contributed by atoms with Crippen molar-refractivity contribution in [3.05, 3.63) is 70.4 Å². The van der Waals surface area contributed by atoms with Gasteiger partial charge in [-0.3, -0.25) is 14.5 Å². The van der Waals surface area contributed by atoms with Crippen LogP contribution in [-0.2, 0) is 19.1 Å². The fourth-order valence-corrected chi connectivity index (χ4v) is 3.85. The molecule has 0 aromatic heterocycles. The largest absolute Gasteiger partial charge is 0.456 e. The molecule has 9 nitrogen and oxygen atoms in total. The molecule has 1 atom stereocenters. The van der Waals surface area contributed by atoms with Gasteiger partial charge in [-0.25, -0.2) is 9.59 Å². The Morgan fingerprint density at radius 3 is 2.41 bits per heavy atom. The highest BCUT2D eigenvalue weighted by Crippen LogP contribution is 2.37. The van der Waals surface area contributed by atoms with Crippen molar-refractivity contribution in [1.82, 2.24) is 10.2 Å². The summed E-state index contributed by atoms with van der Waals surface area (Å²) in [6.07, 6.45) is 0. The number of rotatable bonds is 5. The fraction of sp³-hybridized carbons (Fsp3) is 0.182. The van der Waals surface area contributed by atoms with Crippen LogP contribution in [0.3, 0.4) is 0 Å². The Morgan fingerprint density at radius 2 is 1.75 bits per heavy atom. The number of urea groups is 1. The van der Waals surface area contributed by atoms with Crippen molar-refractivity contribution in [3.63, 3.8) is 0 Å². The molecule has 164 valence electrons. The lowest BCUT2D eigenvalue weighted by Gasteiger charge is -2.32. The van der Waals surface area contributed by atoms with Crippen LogP contribution >= 0.6 is 11.6 Å². The van der Waals surface area contributed by atoms with E-state index in [0.717, 1.165) is 0 Å². The first-order valence-corrected chi connectivity index (χ1v) is 10.1. The number of cyclic esters (lactones) is 1. The summed E-state index contributed by atoms with van der Waals surface area (Å²) in [4.78, 5) is 50.1. The van der Waals surface area contributed by atoms with Gasteiger partial charge in [0.2, 0.25) is 11.8 Å². The van der Waals surface area contributed by atoms with Crippen molar-refractivity contribution in [2.45, 2.75) is 13.0 Å². The third-order valence-electron chi connectivity index (χ3n) is 5.01. The van der Waals surface area contributed by atoms with Crippen LogP contribution in [-0.4, -0.2) is 41.9 Å². The van der Waals surface area contributed by atoms with Crippen molar-refractivity contribution in [3.8, 4) is 0 Å². The first-order chi connectivity index (χ1) is 15.3. The lowest BCUT2D eigenvalue weighted by Crippen LogP contribution is -2.49. The third kappa shape index (κ3) is 4.28. The van der Waals surface area contributed by atoms with Crippen molar-refractivity contribution in [2.24, 2.45) is 0 Å². The molecule has 0 radical (unpaired) electrons. The minimum atomic E-state index is -0.762. The maximum absolute atomic E-state index is 12.8. The Morgan fingerprint density at radius 1 is 1.09 bits per heavy atom. The number of carbonyl (C=O) groups excluding carboxylic acids is 4. The zero-order chi connectivity index (χ0) is 22.8. The first-order valence-electron chi connectivity index (χ1n) is 9.73. The summed E-state index contributed by atoms with van der Waals surface area (Å²) in [5.74, 6) is -1.23. The van der Waals surface area contributed by atoms with Gasteiger partial charge in [0.1, 0.15) is 13.2 Å². The van der Waals surface area contributed by atoms with Gasteiger partial charge in [-0.2, -0.15) is 0 Å². The lowest BCUT2D eigenvalue weighted by molar-refractivity contribution is -0.136. The summed E-state index contributed by atoms with van der Waals surface area (Å²) in [7, 11) is 0. The van der Waals surface area contributed by atoms with Gasteiger partial charge in [0.25, 0.3) is 0 Å². The average molecular weight is 455 g/mol. The van der Waals surface area contributed by atoms with Gasteiger partial charge >= 0.3 is 12.0 Å². The van der Waals surface area contributed by atoms with Crippen LogP contribution < -0.4 is 16.0 Å². The smallest absolute Gasteiger partial charge is 0.338 e. The second-order valence-electron chi connectivity index (χ2n) is 7.23. The van der Waals surface area contributed by atoms with Crippen LogP contribution in [0.15, 0.2) is 59.8 Å². The minimum absolute atomic E-state index is 0.110. The minimum Gasteiger partial charge on any atom is -0.456 e. The van der Waals surface area contributed by atoms with Gasteiger partial charge in [-0.1, -0.05) is 29.8 Å². The molecule has 3 N–H and O–H groups in total. The van der Waals surface area contributed by atoms with Gasteiger partial charge in [0.05, 0.1) is 17.3 Å². The van der Waals surface area contributed by atoms with E-state index < -0.39 is 23.9 Å². The SMILES string of the molecule is CC(=O)Nc1ccc(NC(=O)CN2C(=O)N[C@@H](c3ccccc3Cl)C3=C2COC3=O)cc1. The molecule has 10 heteroatoms. The predicted molar refractivity (Wildman–Crippen MR) is 117 cm³/mol. The number of benzene rings is 2. The number of anilines is 2. The van der Waals surface area contributed by atoms with E-state index in [2.05, 4.69) is 16.0 Å². The molecule has 32 heavy (non-hydrogen) atoms. The molecule has 0 unspecified atom stereocenters. The lowest BCUT2D eigenvalue weighted by atomic mass is 9.95. The number of nitrogens with one attached hydrogen (secondary N) is 3. The van der Waals surface area contributed by atoms with E-state index in [-0.39, 0.29) is 24.6 Å². The zero-order valence-corrected chi connectivity index (χ0v) is 17.7. The maximum atomic E-state index is 12.8. The first kappa shape index (κ1) is 21.4. The molecule has 2 heterocycles. The molecule has 2 aliphatic rings. The Balaban J connectivity index is 1.52. The summed E-state index contributed by atoms with van der Waals surface area (Å²) < 4.78 is 5.16. The number of halogens is 1. The van der Waals surface area contributed by atoms with Gasteiger partial charge in [-0.05, 0) is 35.9 Å². The van der Waals surface area contributed by atoms with Crippen LogP contribution in [0, 0.1) is 0 Å². The fourth-order valence-electron chi connectivity index (χ4n) is 3.61. The summed E-state index contributed by atoms with van der Waals surface area (Å²) in [5.41, 5.74) is 2.23. The summed E-state index contributed by atoms with van der Waals surface area (Å²) >= 11 is 6.27.